The molecule has 0 aromatic carbocycles. The molecule has 0 amide bonds. The number of hydrogen-bond acceptors (Lipinski definition) is 3. The van der Waals surface area contributed by atoms with Gasteiger partial charge in [-0.05, 0) is 0 Å². The molecular weight excluding hydrogens is 286 g/mol. The molecule has 3 nitrogen and oxygen atoms in total. The van der Waals surface area contributed by atoms with Crippen molar-refractivity contribution in [2.45, 2.75) is 20.5 Å². The zero-order chi connectivity index (χ0) is 11.5. The third-order valence-electron chi connectivity index (χ3n) is 2.49. The quantitative estimate of drug-likeness (QED) is 0.297. The molecule has 2 rings (SSSR count). The Kier molecular flexibility index (Phi) is 2.33. The number of fused-ring (bicyclic) bond motifs is 1. The highest BCUT2D eigenvalue weighted by atomic mass is 35.5. The first-order valence-corrected chi connectivity index (χ1v) is 5.47. The van der Waals surface area contributed by atoms with Crippen LogP contribution in [-0.4, -0.2) is 26.0 Å². The predicted molar refractivity (Wildman–Crippen MR) is 56.5 cm³/mol. The molecule has 2 atom stereocenters. The zero-order valence-corrected chi connectivity index (χ0v) is 10.1. The van der Waals surface area contributed by atoms with Crippen LogP contribution in [0.2, 0.25) is 0 Å². The molecule has 0 N–H and O–H groups in total. The molecular formula is C8H4Cl4O3. The maximum absolute atomic E-state index is 11.5. The van der Waals surface area contributed by atoms with Crippen molar-refractivity contribution < 1.29 is 14.3 Å². The van der Waals surface area contributed by atoms with Crippen LogP contribution in [0.1, 0.15) is 6.42 Å². The zero-order valence-electron chi connectivity index (χ0n) is 7.10. The summed E-state index contributed by atoms with van der Waals surface area (Å²) in [7, 11) is 0. The molecule has 1 aliphatic heterocycles. The summed E-state index contributed by atoms with van der Waals surface area (Å²) in [6, 6.07) is 0. The van der Waals surface area contributed by atoms with Gasteiger partial charge in [0.2, 0.25) is 4.87 Å². The highest BCUT2D eigenvalue weighted by Gasteiger charge is 2.75. The second-order valence-electron chi connectivity index (χ2n) is 3.36. The molecule has 15 heavy (non-hydrogen) atoms. The molecule has 0 spiro atoms. The molecule has 0 saturated carbocycles. The summed E-state index contributed by atoms with van der Waals surface area (Å²) in [6.07, 6.45) is 2.89. The number of hydrogen-bond donors (Lipinski definition) is 0. The van der Waals surface area contributed by atoms with E-state index < -0.39 is 26.0 Å². The van der Waals surface area contributed by atoms with Gasteiger partial charge in [-0.3, -0.25) is 0 Å². The van der Waals surface area contributed by atoms with Crippen LogP contribution in [-0.2, 0) is 14.3 Å². The lowest BCUT2D eigenvalue weighted by molar-refractivity contribution is -0.153. The average Bonchev–Trinajstić information content (AvgIpc) is 2.28. The van der Waals surface area contributed by atoms with E-state index in [-0.39, 0.29) is 6.42 Å². The second kappa shape index (κ2) is 3.04. The number of alkyl halides is 4. The second-order valence-corrected chi connectivity index (χ2v) is 6.01. The van der Waals surface area contributed by atoms with E-state index >= 15 is 0 Å². The number of carbonyl (C=O) groups excluding carboxylic acids is 2. The monoisotopic (exact) mass is 288 g/mol. The molecule has 2 unspecified atom stereocenters. The van der Waals surface area contributed by atoms with Gasteiger partial charge in [-0.2, -0.15) is 0 Å². The Morgan fingerprint density at radius 1 is 1.13 bits per heavy atom. The van der Waals surface area contributed by atoms with Crippen LogP contribution >= 0.6 is 46.4 Å². The van der Waals surface area contributed by atoms with Crippen LogP contribution < -0.4 is 0 Å². The summed E-state index contributed by atoms with van der Waals surface area (Å²) in [5.74, 6) is -1.97. The van der Waals surface area contributed by atoms with Gasteiger partial charge < -0.3 is 4.74 Å². The molecule has 82 valence electrons. The smallest absolute Gasteiger partial charge is 0.341 e. The molecule has 1 heterocycles. The lowest BCUT2D eigenvalue weighted by atomic mass is 9.83. The van der Waals surface area contributed by atoms with Crippen LogP contribution in [0.15, 0.2) is 12.2 Å². The van der Waals surface area contributed by atoms with Crippen LogP contribution in [0.5, 0.6) is 0 Å². The summed E-state index contributed by atoms with van der Waals surface area (Å²) in [6.45, 7) is 0. The van der Waals surface area contributed by atoms with Crippen molar-refractivity contribution in [2.24, 2.45) is 0 Å². The molecule has 2 aliphatic rings. The fourth-order valence-electron chi connectivity index (χ4n) is 1.63. The van der Waals surface area contributed by atoms with Gasteiger partial charge in [-0.1, -0.05) is 47.0 Å². The van der Waals surface area contributed by atoms with Crippen molar-refractivity contribution in [3.05, 3.63) is 12.2 Å². The van der Waals surface area contributed by atoms with E-state index in [4.69, 9.17) is 46.4 Å². The summed E-state index contributed by atoms with van der Waals surface area (Å²) in [5.41, 5.74) is 0. The Morgan fingerprint density at radius 3 is 2.27 bits per heavy atom. The van der Waals surface area contributed by atoms with E-state index in [0.717, 1.165) is 0 Å². The van der Waals surface area contributed by atoms with E-state index in [1.165, 1.54) is 12.2 Å². The lowest BCUT2D eigenvalue weighted by Crippen LogP contribution is -2.59. The molecule has 1 aliphatic carbocycles. The van der Waals surface area contributed by atoms with E-state index in [0.29, 0.717) is 0 Å². The van der Waals surface area contributed by atoms with E-state index in [1.807, 2.05) is 0 Å². The number of halogens is 4. The first kappa shape index (κ1) is 11.5. The van der Waals surface area contributed by atoms with Crippen molar-refractivity contribution in [1.82, 2.24) is 0 Å². The van der Waals surface area contributed by atoms with Gasteiger partial charge in [-0.25, -0.2) is 9.59 Å². The number of carbonyl (C=O) groups is 2. The van der Waals surface area contributed by atoms with Crippen LogP contribution in [0.3, 0.4) is 0 Å². The Labute approximate surface area is 105 Å². The number of allylic oxidation sites excluding steroid dienone is 1. The molecule has 0 radical (unpaired) electrons. The van der Waals surface area contributed by atoms with Crippen molar-refractivity contribution in [3.63, 3.8) is 0 Å². The Bertz CT molecular complexity index is 391. The molecule has 0 bridgehead atoms. The maximum atomic E-state index is 11.5. The molecule has 7 heteroatoms. The van der Waals surface area contributed by atoms with E-state index in [1.54, 1.807) is 0 Å². The van der Waals surface area contributed by atoms with Crippen molar-refractivity contribution in [1.29, 1.82) is 0 Å². The average molecular weight is 290 g/mol. The maximum Gasteiger partial charge on any atom is 0.341 e. The normalized spacial score (nSPS) is 42.7. The number of rotatable bonds is 0. The SMILES string of the molecule is O=C1OC(=O)C2(Cl)C(Cl)(Cl)CC=CC12Cl. The third kappa shape index (κ3) is 1.15. The van der Waals surface area contributed by atoms with Gasteiger partial charge in [0.15, 0.2) is 9.21 Å². The van der Waals surface area contributed by atoms with E-state index in [2.05, 4.69) is 4.74 Å². The van der Waals surface area contributed by atoms with Gasteiger partial charge in [0, 0.05) is 6.42 Å². The van der Waals surface area contributed by atoms with Crippen molar-refractivity contribution >= 4 is 58.3 Å². The first-order chi connectivity index (χ1) is 6.76. The number of esters is 2. The summed E-state index contributed by atoms with van der Waals surface area (Å²) >= 11 is 23.8. The summed E-state index contributed by atoms with van der Waals surface area (Å²) in [5, 5.41) is 0. The van der Waals surface area contributed by atoms with Crippen LogP contribution in [0.25, 0.3) is 0 Å². The Balaban J connectivity index is 2.69. The minimum Gasteiger partial charge on any atom is -0.390 e. The molecule has 1 fully saturated rings. The number of cyclic esters (lactones) is 2. The summed E-state index contributed by atoms with van der Waals surface area (Å²) < 4.78 is 2.72. The first-order valence-electron chi connectivity index (χ1n) is 3.96. The topological polar surface area (TPSA) is 43.4 Å². The predicted octanol–water partition coefficient (Wildman–Crippen LogP) is 2.16. The van der Waals surface area contributed by atoms with Gasteiger partial charge in [-0.15, -0.1) is 11.6 Å². The van der Waals surface area contributed by atoms with Gasteiger partial charge in [0.1, 0.15) is 0 Å². The molecule has 1 saturated heterocycles. The minimum atomic E-state index is -1.98. The fourth-order valence-corrected chi connectivity index (χ4v) is 2.98. The highest BCUT2D eigenvalue weighted by molar-refractivity contribution is 6.63. The van der Waals surface area contributed by atoms with Gasteiger partial charge in [0.25, 0.3) is 0 Å². The van der Waals surface area contributed by atoms with Crippen molar-refractivity contribution in [2.75, 3.05) is 0 Å². The third-order valence-corrected chi connectivity index (χ3v) is 5.00. The highest BCUT2D eigenvalue weighted by Crippen LogP contribution is 2.58. The summed E-state index contributed by atoms with van der Waals surface area (Å²) in [4.78, 5) is 19.1. The van der Waals surface area contributed by atoms with Crippen LogP contribution in [0, 0.1) is 0 Å². The molecule has 0 aromatic heterocycles. The van der Waals surface area contributed by atoms with E-state index in [9.17, 15) is 9.59 Å². The molecule has 0 aromatic rings. The van der Waals surface area contributed by atoms with Crippen LogP contribution in [0.4, 0.5) is 0 Å². The lowest BCUT2D eigenvalue weighted by Gasteiger charge is -2.39. The number of ether oxygens (including phenoxy) is 1. The Hall–Kier alpha value is 0.0400. The fraction of sp³-hybridized carbons (Fsp3) is 0.500. The minimum absolute atomic E-state index is 0.108. The largest absolute Gasteiger partial charge is 0.390 e. The van der Waals surface area contributed by atoms with Crippen molar-refractivity contribution in [3.8, 4) is 0 Å². The standard InChI is InChI=1S/C8H4Cl4O3/c9-6-2-1-3-7(10,11)8(6,12)5(14)15-4(6)13/h1-2H,3H2. The van der Waals surface area contributed by atoms with Gasteiger partial charge >= 0.3 is 11.9 Å². The Morgan fingerprint density at radius 2 is 1.73 bits per heavy atom. The van der Waals surface area contributed by atoms with Gasteiger partial charge in [0.05, 0.1) is 0 Å².